The van der Waals surface area contributed by atoms with E-state index >= 15 is 0 Å². The lowest BCUT2D eigenvalue weighted by Gasteiger charge is -2.22. The van der Waals surface area contributed by atoms with Gasteiger partial charge in [0.25, 0.3) is 5.95 Å². The highest BCUT2D eigenvalue weighted by Crippen LogP contribution is 2.20. The van der Waals surface area contributed by atoms with Gasteiger partial charge in [-0.3, -0.25) is 0 Å². The summed E-state index contributed by atoms with van der Waals surface area (Å²) < 4.78 is 1.64. The Morgan fingerprint density at radius 3 is 2.76 bits per heavy atom. The molecule has 8 heteroatoms. The molecule has 3 rings (SSSR count). The van der Waals surface area contributed by atoms with E-state index in [0.717, 1.165) is 19.4 Å². The molecule has 0 spiro atoms. The van der Waals surface area contributed by atoms with Crippen LogP contribution >= 0.6 is 11.8 Å². The molecule has 2 aromatic rings. The van der Waals surface area contributed by atoms with Crippen LogP contribution in [-0.4, -0.2) is 48.8 Å². The van der Waals surface area contributed by atoms with Crippen molar-refractivity contribution in [1.82, 2.24) is 24.7 Å². The molecule has 2 aromatic heterocycles. The number of nitrogens with zero attached hydrogens (tertiary/aromatic N) is 5. The Kier molecular flexibility index (Phi) is 4.54. The van der Waals surface area contributed by atoms with Crippen molar-refractivity contribution in [3.63, 3.8) is 0 Å². The lowest BCUT2D eigenvalue weighted by atomic mass is 10.2. The van der Waals surface area contributed by atoms with Gasteiger partial charge >= 0.3 is 0 Å². The second-order valence-electron chi connectivity index (χ2n) is 4.79. The number of hydrogen-bond acceptors (Lipinski definition) is 7. The topological polar surface area (TPSA) is 80.5 Å². The fourth-order valence-electron chi connectivity index (χ4n) is 2.18. The van der Waals surface area contributed by atoms with Gasteiger partial charge in [-0.05, 0) is 37.3 Å². The highest BCUT2D eigenvalue weighted by atomic mass is 32.2. The van der Waals surface area contributed by atoms with Gasteiger partial charge in [-0.2, -0.15) is 31.8 Å². The second kappa shape index (κ2) is 6.75. The van der Waals surface area contributed by atoms with Crippen LogP contribution in [0.15, 0.2) is 18.5 Å². The molecule has 1 aliphatic heterocycles. The molecular formula is C13H19N7S. The Morgan fingerprint density at radius 2 is 2.05 bits per heavy atom. The minimum atomic E-state index is 0.439. The molecular weight excluding hydrogens is 286 g/mol. The Labute approximate surface area is 128 Å². The number of thioether (sulfide) groups is 1. The molecule has 1 fully saturated rings. The Bertz CT molecular complexity index is 566. The number of nitrogens with one attached hydrogen (secondary N) is 2. The maximum Gasteiger partial charge on any atom is 0.257 e. The maximum atomic E-state index is 4.47. The smallest absolute Gasteiger partial charge is 0.257 e. The largest absolute Gasteiger partial charge is 0.354 e. The Morgan fingerprint density at radius 1 is 1.24 bits per heavy atom. The van der Waals surface area contributed by atoms with Gasteiger partial charge in [-0.15, -0.1) is 0 Å². The molecule has 0 saturated carbocycles. The van der Waals surface area contributed by atoms with Crippen molar-refractivity contribution in [3.05, 3.63) is 18.5 Å². The molecule has 21 heavy (non-hydrogen) atoms. The van der Waals surface area contributed by atoms with E-state index in [9.17, 15) is 0 Å². The van der Waals surface area contributed by atoms with Crippen LogP contribution < -0.4 is 10.6 Å². The van der Waals surface area contributed by atoms with Gasteiger partial charge in [0, 0.05) is 25.0 Å². The molecule has 0 aromatic carbocycles. The predicted octanol–water partition coefficient (Wildman–Crippen LogP) is 1.80. The third kappa shape index (κ3) is 3.63. The number of aromatic nitrogens is 5. The summed E-state index contributed by atoms with van der Waals surface area (Å²) in [7, 11) is 0. The summed E-state index contributed by atoms with van der Waals surface area (Å²) in [5.74, 6) is 4.09. The average Bonchev–Trinajstić information content (AvgIpc) is 3.03. The van der Waals surface area contributed by atoms with Crippen LogP contribution in [-0.2, 0) is 0 Å². The second-order valence-corrected chi connectivity index (χ2v) is 6.02. The van der Waals surface area contributed by atoms with Gasteiger partial charge in [0.1, 0.15) is 0 Å². The van der Waals surface area contributed by atoms with Crippen LogP contribution in [0.5, 0.6) is 0 Å². The third-order valence-electron chi connectivity index (χ3n) is 3.22. The molecule has 0 aliphatic carbocycles. The van der Waals surface area contributed by atoms with Gasteiger partial charge < -0.3 is 10.6 Å². The van der Waals surface area contributed by atoms with E-state index in [1.807, 2.05) is 30.9 Å². The first-order valence-corrected chi connectivity index (χ1v) is 8.35. The Hall–Kier alpha value is -1.83. The monoisotopic (exact) mass is 305 g/mol. The van der Waals surface area contributed by atoms with Crippen molar-refractivity contribution in [2.45, 2.75) is 25.8 Å². The Balaban J connectivity index is 1.84. The lowest BCUT2D eigenvalue weighted by molar-refractivity contribution is 0.657. The van der Waals surface area contributed by atoms with Gasteiger partial charge in [0.15, 0.2) is 0 Å². The summed E-state index contributed by atoms with van der Waals surface area (Å²) in [5, 5.41) is 10.7. The highest BCUT2D eigenvalue weighted by Gasteiger charge is 2.16. The van der Waals surface area contributed by atoms with Gasteiger partial charge in [0.05, 0.1) is 0 Å². The number of hydrogen-bond donors (Lipinski definition) is 2. The van der Waals surface area contributed by atoms with E-state index in [0.29, 0.717) is 23.9 Å². The van der Waals surface area contributed by atoms with E-state index < -0.39 is 0 Å². The molecule has 1 aliphatic rings. The van der Waals surface area contributed by atoms with E-state index in [2.05, 4.69) is 30.7 Å². The molecule has 112 valence electrons. The van der Waals surface area contributed by atoms with Gasteiger partial charge in [0.2, 0.25) is 11.9 Å². The van der Waals surface area contributed by atoms with E-state index in [4.69, 9.17) is 0 Å². The summed E-state index contributed by atoms with van der Waals surface area (Å²) >= 11 is 2.00. The molecule has 0 atom stereocenters. The van der Waals surface area contributed by atoms with Crippen LogP contribution in [0.25, 0.3) is 5.95 Å². The molecule has 7 nitrogen and oxygen atoms in total. The number of anilines is 2. The SMILES string of the molecule is CCNc1nc(NC2CCSCC2)nc(-n2cccn2)n1. The van der Waals surface area contributed by atoms with Crippen LogP contribution in [0, 0.1) is 0 Å². The van der Waals surface area contributed by atoms with E-state index in [1.165, 1.54) is 11.5 Å². The maximum absolute atomic E-state index is 4.47. The minimum absolute atomic E-state index is 0.439. The minimum Gasteiger partial charge on any atom is -0.354 e. The fraction of sp³-hybridized carbons (Fsp3) is 0.538. The van der Waals surface area contributed by atoms with Crippen LogP contribution in [0.4, 0.5) is 11.9 Å². The van der Waals surface area contributed by atoms with Crippen molar-refractivity contribution in [1.29, 1.82) is 0 Å². The first kappa shape index (κ1) is 14.1. The lowest BCUT2D eigenvalue weighted by Crippen LogP contribution is -2.26. The average molecular weight is 305 g/mol. The molecule has 0 radical (unpaired) electrons. The van der Waals surface area contributed by atoms with Crippen molar-refractivity contribution >= 4 is 23.7 Å². The van der Waals surface area contributed by atoms with E-state index in [-0.39, 0.29) is 0 Å². The predicted molar refractivity (Wildman–Crippen MR) is 85.1 cm³/mol. The van der Waals surface area contributed by atoms with Crippen molar-refractivity contribution in [2.24, 2.45) is 0 Å². The van der Waals surface area contributed by atoms with Crippen molar-refractivity contribution < 1.29 is 0 Å². The summed E-state index contributed by atoms with van der Waals surface area (Å²) in [6.45, 7) is 2.78. The van der Waals surface area contributed by atoms with Crippen molar-refractivity contribution in [3.8, 4) is 5.95 Å². The van der Waals surface area contributed by atoms with Crippen LogP contribution in [0.1, 0.15) is 19.8 Å². The van der Waals surface area contributed by atoms with Crippen LogP contribution in [0.2, 0.25) is 0 Å². The summed E-state index contributed by atoms with van der Waals surface area (Å²) in [6, 6.07) is 2.29. The van der Waals surface area contributed by atoms with Crippen molar-refractivity contribution in [2.75, 3.05) is 28.7 Å². The molecule has 0 amide bonds. The van der Waals surface area contributed by atoms with Gasteiger partial charge in [-0.25, -0.2) is 4.68 Å². The first-order chi connectivity index (χ1) is 10.3. The normalized spacial score (nSPS) is 15.9. The van der Waals surface area contributed by atoms with Gasteiger partial charge in [-0.1, -0.05) is 0 Å². The standard InChI is InChI=1S/C13H19N7S/c1-2-14-11-17-12(16-10-4-8-21-9-5-10)19-13(18-11)20-7-3-6-15-20/h3,6-7,10H,2,4-5,8-9H2,1H3,(H2,14,16,17,18,19). The van der Waals surface area contributed by atoms with Crippen LogP contribution in [0.3, 0.4) is 0 Å². The zero-order chi connectivity index (χ0) is 14.5. The quantitative estimate of drug-likeness (QED) is 0.871. The molecule has 0 bridgehead atoms. The summed E-state index contributed by atoms with van der Waals surface area (Å²) in [4.78, 5) is 13.3. The molecule has 0 unspecified atom stereocenters. The highest BCUT2D eigenvalue weighted by molar-refractivity contribution is 7.99. The molecule has 3 heterocycles. The summed E-state index contributed by atoms with van der Waals surface area (Å²) in [5.41, 5.74) is 0. The first-order valence-electron chi connectivity index (χ1n) is 7.19. The summed E-state index contributed by atoms with van der Waals surface area (Å²) in [6.07, 6.45) is 5.82. The zero-order valence-electron chi connectivity index (χ0n) is 12.0. The molecule has 2 N–H and O–H groups in total. The third-order valence-corrected chi connectivity index (χ3v) is 4.27. The zero-order valence-corrected chi connectivity index (χ0v) is 12.8. The number of rotatable bonds is 5. The molecule has 1 saturated heterocycles. The fourth-order valence-corrected chi connectivity index (χ4v) is 3.29. The van der Waals surface area contributed by atoms with E-state index in [1.54, 1.807) is 10.9 Å².